The molecule has 1 N–H and O–H groups in total. The number of halogens is 1. The third-order valence-corrected chi connectivity index (χ3v) is 5.66. The topological polar surface area (TPSA) is 71.8 Å². The van der Waals surface area contributed by atoms with Crippen LogP contribution in [-0.2, 0) is 11.1 Å². The van der Waals surface area contributed by atoms with Gasteiger partial charge >= 0.3 is 0 Å². The average molecular weight is 418 g/mol. The van der Waals surface area contributed by atoms with Crippen molar-refractivity contribution in [3.63, 3.8) is 0 Å². The number of carbonyl (C=O) groups excluding carboxylic acids is 1. The van der Waals surface area contributed by atoms with Crippen LogP contribution in [0.4, 0.5) is 0 Å². The maximum atomic E-state index is 12.8. The van der Waals surface area contributed by atoms with Gasteiger partial charge in [0, 0.05) is 19.5 Å². The van der Waals surface area contributed by atoms with E-state index in [0.717, 1.165) is 0 Å². The monoisotopic (exact) mass is 418 g/mol. The zero-order valence-corrected chi connectivity index (χ0v) is 15.2. The number of carbonyl (C=O) groups is 1. The van der Waals surface area contributed by atoms with E-state index in [2.05, 4.69) is 0 Å². The van der Waals surface area contributed by atoms with E-state index in [1.54, 1.807) is 11.8 Å². The van der Waals surface area contributed by atoms with Crippen molar-refractivity contribution in [1.29, 1.82) is 0 Å². The van der Waals surface area contributed by atoms with Crippen molar-refractivity contribution in [2.24, 2.45) is 0 Å². The molecule has 2 unspecified atom stereocenters. The quantitative estimate of drug-likeness (QED) is 0.735. The molecule has 120 valence electrons. The first-order chi connectivity index (χ1) is 10.2. The third kappa shape index (κ3) is 1.81. The zero-order chi connectivity index (χ0) is 16.4. The van der Waals surface area contributed by atoms with E-state index in [1.165, 1.54) is 7.11 Å². The molecule has 0 bridgehead atoms. The average Bonchev–Trinajstić information content (AvgIpc) is 2.65. The molecular formula is C15H19IN2O4. The van der Waals surface area contributed by atoms with Gasteiger partial charge in [0.1, 0.15) is 5.60 Å². The van der Waals surface area contributed by atoms with Crippen molar-refractivity contribution in [1.82, 2.24) is 9.47 Å². The van der Waals surface area contributed by atoms with Gasteiger partial charge in [-0.2, -0.15) is 0 Å². The Balaban J connectivity index is 2.48. The Labute approximate surface area is 142 Å². The lowest BCUT2D eigenvalue weighted by molar-refractivity contribution is 0.0288. The SMILES string of the molecule is CCN1CC2(C)CC(C)(O)c3c(I)c(=O)c(OC)c(n32)C1=O. The fraction of sp³-hybridized carbons (Fsp3) is 0.600. The van der Waals surface area contributed by atoms with Gasteiger partial charge in [-0.15, -0.1) is 0 Å². The van der Waals surface area contributed by atoms with Crippen molar-refractivity contribution < 1.29 is 14.6 Å². The van der Waals surface area contributed by atoms with Crippen molar-refractivity contribution in [3.05, 3.63) is 25.2 Å². The van der Waals surface area contributed by atoms with Gasteiger partial charge in [-0.1, -0.05) is 0 Å². The Morgan fingerprint density at radius 1 is 1.36 bits per heavy atom. The van der Waals surface area contributed by atoms with Crippen LogP contribution >= 0.6 is 22.6 Å². The summed E-state index contributed by atoms with van der Waals surface area (Å²) in [6.07, 6.45) is 0.458. The van der Waals surface area contributed by atoms with Gasteiger partial charge in [0.2, 0.25) is 5.43 Å². The molecule has 0 aromatic carbocycles. The Morgan fingerprint density at radius 3 is 2.55 bits per heavy atom. The molecule has 2 atom stereocenters. The molecule has 0 radical (unpaired) electrons. The second-order valence-electron chi connectivity index (χ2n) is 6.48. The molecule has 0 fully saturated rings. The minimum atomic E-state index is -1.14. The minimum absolute atomic E-state index is 0.0697. The van der Waals surface area contributed by atoms with Crippen molar-refractivity contribution in [2.75, 3.05) is 20.2 Å². The zero-order valence-electron chi connectivity index (χ0n) is 13.1. The van der Waals surface area contributed by atoms with E-state index < -0.39 is 11.1 Å². The number of rotatable bonds is 2. The number of hydrogen-bond acceptors (Lipinski definition) is 4. The molecule has 0 spiro atoms. The molecule has 6 nitrogen and oxygen atoms in total. The standard InChI is InChI=1S/C15H19IN2O4/c1-5-17-7-14(2)6-15(3,21)12-8(16)10(19)11(22-4)9(13(17)20)18(12)14/h21H,5-7H2,1-4H3. The van der Waals surface area contributed by atoms with E-state index >= 15 is 0 Å². The molecule has 1 amide bonds. The van der Waals surface area contributed by atoms with Crippen molar-refractivity contribution in [3.8, 4) is 5.75 Å². The lowest BCUT2D eigenvalue weighted by Crippen LogP contribution is -2.52. The van der Waals surface area contributed by atoms with Gasteiger partial charge < -0.3 is 19.3 Å². The summed E-state index contributed by atoms with van der Waals surface area (Å²) in [4.78, 5) is 27.1. The lowest BCUT2D eigenvalue weighted by Gasteiger charge is -2.41. The molecule has 2 aliphatic heterocycles. The number of ether oxygens (including phenoxy) is 1. The molecule has 3 rings (SSSR count). The molecule has 1 aromatic rings. The van der Waals surface area contributed by atoms with Crippen LogP contribution in [0.1, 0.15) is 43.4 Å². The highest BCUT2D eigenvalue weighted by atomic mass is 127. The van der Waals surface area contributed by atoms with Crippen molar-refractivity contribution >= 4 is 28.5 Å². The molecule has 22 heavy (non-hydrogen) atoms. The first-order valence-electron chi connectivity index (χ1n) is 7.23. The number of pyridine rings is 1. The largest absolute Gasteiger partial charge is 0.491 e. The second-order valence-corrected chi connectivity index (χ2v) is 7.55. The highest BCUT2D eigenvalue weighted by Gasteiger charge is 2.54. The molecular weight excluding hydrogens is 399 g/mol. The highest BCUT2D eigenvalue weighted by molar-refractivity contribution is 14.1. The summed E-state index contributed by atoms with van der Waals surface area (Å²) in [7, 11) is 1.40. The van der Waals surface area contributed by atoms with Crippen LogP contribution < -0.4 is 10.2 Å². The number of hydrogen-bond donors (Lipinski definition) is 1. The van der Waals surface area contributed by atoms with Crippen LogP contribution in [0.5, 0.6) is 5.75 Å². The number of likely N-dealkylation sites (N-methyl/N-ethyl adjacent to an activating group) is 1. The molecule has 0 saturated heterocycles. The summed E-state index contributed by atoms with van der Waals surface area (Å²) in [5, 5.41) is 10.8. The van der Waals surface area contributed by atoms with Crippen LogP contribution in [-0.4, -0.2) is 40.7 Å². The summed E-state index contributed by atoms with van der Waals surface area (Å²) in [5.41, 5.74) is -1.13. The smallest absolute Gasteiger partial charge is 0.274 e. The van der Waals surface area contributed by atoms with Crippen LogP contribution in [0.3, 0.4) is 0 Å². The minimum Gasteiger partial charge on any atom is -0.491 e. The van der Waals surface area contributed by atoms with Crippen LogP contribution in [0.2, 0.25) is 0 Å². The molecule has 0 aliphatic carbocycles. The summed E-state index contributed by atoms with van der Waals surface area (Å²) >= 11 is 1.94. The van der Waals surface area contributed by atoms with E-state index in [0.29, 0.717) is 28.8 Å². The van der Waals surface area contributed by atoms with Crippen LogP contribution in [0.15, 0.2) is 4.79 Å². The predicted molar refractivity (Wildman–Crippen MR) is 89.4 cm³/mol. The van der Waals surface area contributed by atoms with E-state index in [1.807, 2.05) is 41.0 Å². The van der Waals surface area contributed by atoms with Gasteiger partial charge in [-0.05, 0) is 43.4 Å². The molecule has 0 saturated carbocycles. The van der Waals surface area contributed by atoms with Gasteiger partial charge in [0.25, 0.3) is 5.91 Å². The summed E-state index contributed by atoms with van der Waals surface area (Å²) < 4.78 is 7.52. The second kappa shape index (κ2) is 4.70. The molecule has 1 aromatic heterocycles. The molecule has 7 heteroatoms. The third-order valence-electron chi connectivity index (χ3n) is 4.66. The maximum Gasteiger partial charge on any atom is 0.274 e. The van der Waals surface area contributed by atoms with E-state index in [9.17, 15) is 14.7 Å². The Morgan fingerprint density at radius 2 is 2.00 bits per heavy atom. The number of aliphatic hydroxyl groups is 1. The van der Waals surface area contributed by atoms with Gasteiger partial charge in [-0.25, -0.2) is 0 Å². The Hall–Kier alpha value is -1.09. The normalized spacial score (nSPS) is 29.7. The molecule has 3 heterocycles. The van der Waals surface area contributed by atoms with E-state index in [-0.39, 0.29) is 22.8 Å². The highest BCUT2D eigenvalue weighted by Crippen LogP contribution is 2.48. The summed E-state index contributed by atoms with van der Waals surface area (Å²) in [6, 6.07) is 0. The number of aromatic nitrogens is 1. The van der Waals surface area contributed by atoms with E-state index in [4.69, 9.17) is 4.74 Å². The first kappa shape index (κ1) is 15.8. The lowest BCUT2D eigenvalue weighted by atomic mass is 9.89. The van der Waals surface area contributed by atoms with Crippen molar-refractivity contribution in [2.45, 2.75) is 38.3 Å². The number of methoxy groups -OCH3 is 1. The van der Waals surface area contributed by atoms with Gasteiger partial charge in [0.15, 0.2) is 11.4 Å². The summed E-state index contributed by atoms with van der Waals surface area (Å²) in [5.74, 6) is -0.149. The van der Waals surface area contributed by atoms with Gasteiger partial charge in [0.05, 0.1) is 21.9 Å². The fourth-order valence-electron chi connectivity index (χ4n) is 3.94. The molecule has 2 aliphatic rings. The number of nitrogens with zero attached hydrogens (tertiary/aromatic N) is 2. The first-order valence-corrected chi connectivity index (χ1v) is 8.31. The van der Waals surface area contributed by atoms with Gasteiger partial charge in [-0.3, -0.25) is 9.59 Å². The maximum absolute atomic E-state index is 12.8. The number of amides is 1. The Kier molecular flexibility index (Phi) is 3.38. The Bertz CT molecular complexity index is 740. The fourth-order valence-corrected chi connectivity index (χ4v) is 5.01. The van der Waals surface area contributed by atoms with Crippen LogP contribution in [0.25, 0.3) is 0 Å². The summed E-state index contributed by atoms with van der Waals surface area (Å²) in [6.45, 7) is 6.68. The predicted octanol–water partition coefficient (Wildman–Crippen LogP) is 1.26. The van der Waals surface area contributed by atoms with Crippen LogP contribution in [0, 0.1) is 3.57 Å².